The highest BCUT2D eigenvalue weighted by molar-refractivity contribution is 9.10. The van der Waals surface area contributed by atoms with Crippen molar-refractivity contribution in [2.24, 2.45) is 0 Å². The molecular formula is C20H19BrN4OS. The Morgan fingerprint density at radius 1 is 1.22 bits per heavy atom. The zero-order valence-corrected chi connectivity index (χ0v) is 17.3. The molecule has 3 heterocycles. The second kappa shape index (κ2) is 7.96. The van der Waals surface area contributed by atoms with E-state index in [9.17, 15) is 4.79 Å². The normalized spacial score (nSPS) is 14.1. The molecule has 2 aromatic heterocycles. The maximum Gasteiger partial charge on any atom is 0.256 e. The third kappa shape index (κ3) is 4.15. The molecule has 1 aromatic carbocycles. The van der Waals surface area contributed by atoms with Gasteiger partial charge in [0.2, 0.25) is 0 Å². The fourth-order valence-corrected chi connectivity index (χ4v) is 3.92. The molecule has 1 N–H and O–H groups in total. The third-order valence-corrected chi connectivity index (χ3v) is 5.80. The van der Waals surface area contributed by atoms with E-state index in [2.05, 4.69) is 60.0 Å². The van der Waals surface area contributed by atoms with E-state index in [1.807, 2.05) is 24.6 Å². The van der Waals surface area contributed by atoms with Gasteiger partial charge < -0.3 is 4.98 Å². The number of aromatic nitrogens is 3. The fraction of sp³-hybridized carbons (Fsp3) is 0.250. The standard InChI is InChI=1S/C20H19BrN4OS/c1-27-20-23-18-8-9-25(12-16(18)19(26)24-20)11-13-2-7-17(22-10-13)14-3-5-15(21)6-4-14/h2-7,10H,8-9,11-12H2,1H3,(H,23,24,26). The summed E-state index contributed by atoms with van der Waals surface area (Å²) in [6, 6.07) is 12.3. The number of rotatable bonds is 4. The average molecular weight is 443 g/mol. The summed E-state index contributed by atoms with van der Waals surface area (Å²) >= 11 is 4.92. The monoisotopic (exact) mass is 442 g/mol. The van der Waals surface area contributed by atoms with E-state index in [0.717, 1.165) is 52.1 Å². The minimum absolute atomic E-state index is 0.0160. The highest BCUT2D eigenvalue weighted by Gasteiger charge is 2.21. The molecule has 1 aliphatic heterocycles. The number of fused-ring (bicyclic) bond motifs is 1. The van der Waals surface area contributed by atoms with Crippen LogP contribution < -0.4 is 5.56 Å². The number of hydrogen-bond acceptors (Lipinski definition) is 5. The molecule has 0 saturated heterocycles. The van der Waals surface area contributed by atoms with Gasteiger partial charge in [0.05, 0.1) is 17.0 Å². The van der Waals surface area contributed by atoms with E-state index in [-0.39, 0.29) is 5.56 Å². The molecule has 0 unspecified atom stereocenters. The van der Waals surface area contributed by atoms with Crippen LogP contribution in [0.5, 0.6) is 0 Å². The number of pyridine rings is 1. The first-order valence-corrected chi connectivity index (χ1v) is 10.7. The van der Waals surface area contributed by atoms with Crippen LogP contribution >= 0.6 is 27.7 Å². The molecule has 0 fully saturated rings. The van der Waals surface area contributed by atoms with Gasteiger partial charge in [-0.05, 0) is 30.0 Å². The number of thioether (sulfide) groups is 1. The van der Waals surface area contributed by atoms with Gasteiger partial charge in [-0.2, -0.15) is 0 Å². The number of nitrogens with zero attached hydrogens (tertiary/aromatic N) is 3. The summed E-state index contributed by atoms with van der Waals surface area (Å²) in [7, 11) is 0. The first kappa shape index (κ1) is 18.4. The van der Waals surface area contributed by atoms with Crippen LogP contribution in [0.1, 0.15) is 16.8 Å². The van der Waals surface area contributed by atoms with Crippen molar-refractivity contribution in [3.63, 3.8) is 0 Å². The van der Waals surface area contributed by atoms with Crippen molar-refractivity contribution in [2.45, 2.75) is 24.7 Å². The van der Waals surface area contributed by atoms with E-state index in [4.69, 9.17) is 0 Å². The number of nitrogens with one attached hydrogen (secondary N) is 1. The summed E-state index contributed by atoms with van der Waals surface area (Å²) in [5.41, 5.74) is 4.91. The van der Waals surface area contributed by atoms with Crippen molar-refractivity contribution < 1.29 is 0 Å². The van der Waals surface area contributed by atoms with E-state index in [1.54, 1.807) is 0 Å². The second-order valence-corrected chi connectivity index (χ2v) is 8.23. The zero-order valence-electron chi connectivity index (χ0n) is 14.9. The first-order chi connectivity index (χ1) is 13.1. The maximum absolute atomic E-state index is 12.3. The molecule has 0 bridgehead atoms. The molecule has 7 heteroatoms. The third-order valence-electron chi connectivity index (χ3n) is 4.69. The largest absolute Gasteiger partial charge is 0.301 e. The lowest BCUT2D eigenvalue weighted by Gasteiger charge is -2.27. The van der Waals surface area contributed by atoms with E-state index in [1.165, 1.54) is 11.8 Å². The highest BCUT2D eigenvalue weighted by Crippen LogP contribution is 2.22. The summed E-state index contributed by atoms with van der Waals surface area (Å²) in [6.07, 6.45) is 4.65. The highest BCUT2D eigenvalue weighted by atomic mass is 79.9. The Labute approximate surface area is 170 Å². The Bertz CT molecular complexity index is 1000. The van der Waals surface area contributed by atoms with Crippen molar-refractivity contribution in [3.8, 4) is 11.3 Å². The molecular weight excluding hydrogens is 424 g/mol. The molecule has 0 atom stereocenters. The first-order valence-electron chi connectivity index (χ1n) is 8.71. The van der Waals surface area contributed by atoms with Crippen LogP contribution in [0.15, 0.2) is 57.0 Å². The van der Waals surface area contributed by atoms with Gasteiger partial charge in [0.1, 0.15) is 0 Å². The predicted molar refractivity (Wildman–Crippen MR) is 112 cm³/mol. The van der Waals surface area contributed by atoms with E-state index >= 15 is 0 Å². The Morgan fingerprint density at radius 3 is 2.74 bits per heavy atom. The van der Waals surface area contributed by atoms with Crippen LogP contribution in [0.25, 0.3) is 11.3 Å². The van der Waals surface area contributed by atoms with Gasteiger partial charge in [0.15, 0.2) is 5.16 Å². The molecule has 138 valence electrons. The molecule has 0 aliphatic carbocycles. The minimum atomic E-state index is -0.0160. The lowest BCUT2D eigenvalue weighted by Crippen LogP contribution is -2.35. The summed E-state index contributed by atoms with van der Waals surface area (Å²) in [6.45, 7) is 2.29. The summed E-state index contributed by atoms with van der Waals surface area (Å²) < 4.78 is 1.06. The van der Waals surface area contributed by atoms with Gasteiger partial charge in [-0.3, -0.25) is 14.7 Å². The molecule has 5 nitrogen and oxygen atoms in total. The molecule has 1 aliphatic rings. The molecule has 27 heavy (non-hydrogen) atoms. The Morgan fingerprint density at radius 2 is 2.04 bits per heavy atom. The molecule has 3 aromatic rings. The fourth-order valence-electron chi connectivity index (χ4n) is 3.26. The molecule has 0 amide bonds. The summed E-state index contributed by atoms with van der Waals surface area (Å²) in [5, 5.41) is 0.694. The zero-order chi connectivity index (χ0) is 18.8. The predicted octanol–water partition coefficient (Wildman–Crippen LogP) is 3.87. The number of aromatic amines is 1. The van der Waals surface area contributed by atoms with Crippen molar-refractivity contribution in [1.29, 1.82) is 0 Å². The van der Waals surface area contributed by atoms with E-state index in [0.29, 0.717) is 11.7 Å². The lowest BCUT2D eigenvalue weighted by molar-refractivity contribution is 0.240. The number of benzene rings is 1. The smallest absolute Gasteiger partial charge is 0.256 e. The van der Waals surface area contributed by atoms with Crippen molar-refractivity contribution >= 4 is 27.7 Å². The van der Waals surface area contributed by atoms with Crippen molar-refractivity contribution in [2.75, 3.05) is 12.8 Å². The summed E-state index contributed by atoms with van der Waals surface area (Å²) in [5.74, 6) is 0. The lowest BCUT2D eigenvalue weighted by atomic mass is 10.1. The van der Waals surface area contributed by atoms with Gasteiger partial charge in [-0.1, -0.05) is 45.9 Å². The molecule has 4 rings (SSSR count). The number of hydrogen-bond donors (Lipinski definition) is 1. The van der Waals surface area contributed by atoms with Crippen molar-refractivity contribution in [3.05, 3.63) is 74.2 Å². The summed E-state index contributed by atoms with van der Waals surface area (Å²) in [4.78, 5) is 26.6. The maximum atomic E-state index is 12.3. The quantitative estimate of drug-likeness (QED) is 0.490. The Hall–Kier alpha value is -1.96. The Kier molecular flexibility index (Phi) is 5.43. The molecule has 0 spiro atoms. The van der Waals surface area contributed by atoms with Gasteiger partial charge in [-0.25, -0.2) is 4.98 Å². The number of halogens is 1. The van der Waals surface area contributed by atoms with Crippen molar-refractivity contribution in [1.82, 2.24) is 19.9 Å². The van der Waals surface area contributed by atoms with Gasteiger partial charge in [-0.15, -0.1) is 0 Å². The molecule has 0 radical (unpaired) electrons. The van der Waals surface area contributed by atoms with Crippen LogP contribution in [0.4, 0.5) is 0 Å². The van der Waals surface area contributed by atoms with Gasteiger partial charge >= 0.3 is 0 Å². The Balaban J connectivity index is 1.47. The van der Waals surface area contributed by atoms with Crippen LogP contribution in [-0.4, -0.2) is 32.7 Å². The van der Waals surface area contributed by atoms with Crippen LogP contribution in [0.2, 0.25) is 0 Å². The minimum Gasteiger partial charge on any atom is -0.301 e. The van der Waals surface area contributed by atoms with Gasteiger partial charge in [0, 0.05) is 42.3 Å². The molecule has 0 saturated carbocycles. The van der Waals surface area contributed by atoms with Crippen LogP contribution in [0.3, 0.4) is 0 Å². The van der Waals surface area contributed by atoms with E-state index < -0.39 is 0 Å². The van der Waals surface area contributed by atoms with Crippen LogP contribution in [0, 0.1) is 0 Å². The van der Waals surface area contributed by atoms with Crippen LogP contribution in [-0.2, 0) is 19.5 Å². The topological polar surface area (TPSA) is 61.9 Å². The second-order valence-electron chi connectivity index (χ2n) is 6.52. The SMILES string of the molecule is CSc1nc2c(c(=O)[nH]1)CN(Cc1ccc(-c3ccc(Br)cc3)nc1)CC2. The average Bonchev–Trinajstić information content (AvgIpc) is 2.69. The number of H-pyrrole nitrogens is 1. The van der Waals surface area contributed by atoms with Gasteiger partial charge in [0.25, 0.3) is 5.56 Å².